The Labute approximate surface area is 95.2 Å². The molecule has 0 heterocycles. The molecule has 1 aromatic rings. The maximum atomic E-state index is 13.4. The van der Waals surface area contributed by atoms with Gasteiger partial charge in [0, 0.05) is 23.7 Å². The molecule has 0 spiro atoms. The van der Waals surface area contributed by atoms with Crippen molar-refractivity contribution in [2.75, 3.05) is 13.6 Å². The lowest BCUT2D eigenvalue weighted by Crippen LogP contribution is -2.20. The largest absolute Gasteiger partial charge is 0.298 e. The Hall–Kier alpha value is -0.860. The van der Waals surface area contributed by atoms with Crippen LogP contribution in [0.2, 0.25) is 5.02 Å². The van der Waals surface area contributed by atoms with Gasteiger partial charge in [-0.1, -0.05) is 29.8 Å². The van der Waals surface area contributed by atoms with Gasteiger partial charge in [0.05, 0.1) is 0 Å². The molecule has 0 aromatic heterocycles. The van der Waals surface area contributed by atoms with E-state index in [2.05, 4.69) is 6.58 Å². The molecule has 0 atom stereocenters. The van der Waals surface area contributed by atoms with Gasteiger partial charge in [-0.25, -0.2) is 4.39 Å². The summed E-state index contributed by atoms with van der Waals surface area (Å²) in [5.74, 6) is -0.254. The van der Waals surface area contributed by atoms with Crippen molar-refractivity contribution in [2.24, 2.45) is 0 Å². The Bertz CT molecular complexity index is 342. The van der Waals surface area contributed by atoms with Crippen LogP contribution in [0.5, 0.6) is 0 Å². The Kier molecular flexibility index (Phi) is 4.30. The van der Waals surface area contributed by atoms with Crippen molar-refractivity contribution >= 4 is 11.6 Å². The highest BCUT2D eigenvalue weighted by molar-refractivity contribution is 6.31. The van der Waals surface area contributed by atoms with Crippen LogP contribution in [0.25, 0.3) is 0 Å². The van der Waals surface area contributed by atoms with E-state index in [0.717, 1.165) is 12.1 Å². The summed E-state index contributed by atoms with van der Waals surface area (Å²) in [4.78, 5) is 1.98. The number of nitrogens with zero attached hydrogens (tertiary/aromatic N) is 1. The number of benzene rings is 1. The van der Waals surface area contributed by atoms with Gasteiger partial charge in [-0.2, -0.15) is 0 Å². The standard InChI is InChI=1S/C12H15ClFN/c1-9(2)7-15(3)8-10-11(13)5-4-6-12(10)14/h4-6H,1,7-8H2,2-3H3. The zero-order valence-electron chi connectivity index (χ0n) is 9.06. The third kappa shape index (κ3) is 3.65. The number of hydrogen-bond donors (Lipinski definition) is 0. The van der Waals surface area contributed by atoms with Gasteiger partial charge in [0.25, 0.3) is 0 Å². The van der Waals surface area contributed by atoms with E-state index >= 15 is 0 Å². The van der Waals surface area contributed by atoms with Crippen LogP contribution in [0.3, 0.4) is 0 Å². The first-order valence-corrected chi connectivity index (χ1v) is 5.14. The van der Waals surface area contributed by atoms with Crippen molar-refractivity contribution in [1.29, 1.82) is 0 Å². The van der Waals surface area contributed by atoms with E-state index in [-0.39, 0.29) is 5.82 Å². The van der Waals surface area contributed by atoms with Gasteiger partial charge in [0.15, 0.2) is 0 Å². The molecule has 0 bridgehead atoms. The minimum atomic E-state index is -0.254. The van der Waals surface area contributed by atoms with E-state index in [1.54, 1.807) is 12.1 Å². The van der Waals surface area contributed by atoms with Crippen LogP contribution in [0.15, 0.2) is 30.4 Å². The van der Waals surface area contributed by atoms with Crippen molar-refractivity contribution in [2.45, 2.75) is 13.5 Å². The van der Waals surface area contributed by atoms with Crippen LogP contribution in [-0.4, -0.2) is 18.5 Å². The Morgan fingerprint density at radius 1 is 1.53 bits per heavy atom. The molecule has 0 amide bonds. The normalized spacial score (nSPS) is 10.7. The first-order valence-electron chi connectivity index (χ1n) is 4.76. The van der Waals surface area contributed by atoms with Gasteiger partial charge < -0.3 is 0 Å². The fourth-order valence-electron chi connectivity index (χ4n) is 1.47. The molecular weight excluding hydrogens is 213 g/mol. The van der Waals surface area contributed by atoms with Gasteiger partial charge in [0.1, 0.15) is 5.82 Å². The smallest absolute Gasteiger partial charge is 0.129 e. The molecule has 82 valence electrons. The quantitative estimate of drug-likeness (QED) is 0.712. The summed E-state index contributed by atoms with van der Waals surface area (Å²) in [6.07, 6.45) is 0. The van der Waals surface area contributed by atoms with E-state index in [0.29, 0.717) is 17.1 Å². The molecule has 0 saturated heterocycles. The highest BCUT2D eigenvalue weighted by Gasteiger charge is 2.09. The molecule has 1 nitrogen and oxygen atoms in total. The van der Waals surface area contributed by atoms with Crippen LogP contribution in [-0.2, 0) is 6.54 Å². The fraction of sp³-hybridized carbons (Fsp3) is 0.333. The van der Waals surface area contributed by atoms with Crippen LogP contribution in [0.1, 0.15) is 12.5 Å². The molecule has 0 saturated carbocycles. The summed E-state index contributed by atoms with van der Waals surface area (Å²) >= 11 is 5.92. The predicted octanol–water partition coefficient (Wildman–Crippen LogP) is 3.49. The molecule has 3 heteroatoms. The third-order valence-corrected chi connectivity index (χ3v) is 2.38. The second-order valence-electron chi connectivity index (χ2n) is 3.83. The molecule has 0 aliphatic heterocycles. The summed E-state index contributed by atoms with van der Waals surface area (Å²) < 4.78 is 13.4. The predicted molar refractivity (Wildman–Crippen MR) is 62.6 cm³/mol. The maximum absolute atomic E-state index is 13.4. The van der Waals surface area contributed by atoms with E-state index in [9.17, 15) is 4.39 Å². The number of likely N-dealkylation sites (N-methyl/N-ethyl adjacent to an activating group) is 1. The van der Waals surface area contributed by atoms with E-state index < -0.39 is 0 Å². The fourth-order valence-corrected chi connectivity index (χ4v) is 1.69. The van der Waals surface area contributed by atoms with Crippen LogP contribution in [0, 0.1) is 5.82 Å². The molecule has 1 aromatic carbocycles. The molecule has 0 unspecified atom stereocenters. The van der Waals surface area contributed by atoms with Crippen molar-refractivity contribution in [1.82, 2.24) is 4.90 Å². The Balaban J connectivity index is 2.76. The van der Waals surface area contributed by atoms with Gasteiger partial charge in [-0.15, -0.1) is 0 Å². The summed E-state index contributed by atoms with van der Waals surface area (Å²) in [5.41, 5.74) is 1.59. The summed E-state index contributed by atoms with van der Waals surface area (Å²) in [6, 6.07) is 4.74. The molecule has 0 radical (unpaired) electrons. The number of rotatable bonds is 4. The molecular formula is C12H15ClFN. The van der Waals surface area contributed by atoms with E-state index in [4.69, 9.17) is 11.6 Å². The lowest BCUT2D eigenvalue weighted by molar-refractivity contribution is 0.348. The van der Waals surface area contributed by atoms with Gasteiger partial charge >= 0.3 is 0 Å². The van der Waals surface area contributed by atoms with Crippen molar-refractivity contribution < 1.29 is 4.39 Å². The topological polar surface area (TPSA) is 3.24 Å². The molecule has 1 rings (SSSR count). The van der Waals surface area contributed by atoms with Crippen molar-refractivity contribution in [3.05, 3.63) is 46.8 Å². The van der Waals surface area contributed by atoms with E-state index in [1.165, 1.54) is 6.07 Å². The van der Waals surface area contributed by atoms with E-state index in [1.807, 2.05) is 18.9 Å². The summed E-state index contributed by atoms with van der Waals surface area (Å²) in [5, 5.41) is 0.476. The molecule has 0 N–H and O–H groups in total. The molecule has 0 aliphatic rings. The lowest BCUT2D eigenvalue weighted by atomic mass is 10.2. The Morgan fingerprint density at radius 3 is 2.73 bits per heavy atom. The molecule has 0 aliphatic carbocycles. The zero-order valence-corrected chi connectivity index (χ0v) is 9.81. The first-order chi connectivity index (χ1) is 7.00. The second kappa shape index (κ2) is 5.29. The third-order valence-electron chi connectivity index (χ3n) is 2.03. The molecule has 0 fully saturated rings. The van der Waals surface area contributed by atoms with Crippen molar-refractivity contribution in [3.63, 3.8) is 0 Å². The highest BCUT2D eigenvalue weighted by Crippen LogP contribution is 2.20. The first kappa shape index (κ1) is 12.2. The Morgan fingerprint density at radius 2 is 2.20 bits per heavy atom. The second-order valence-corrected chi connectivity index (χ2v) is 4.24. The summed E-state index contributed by atoms with van der Waals surface area (Å²) in [7, 11) is 1.91. The van der Waals surface area contributed by atoms with Gasteiger partial charge in [-0.3, -0.25) is 4.90 Å². The minimum Gasteiger partial charge on any atom is -0.298 e. The van der Waals surface area contributed by atoms with Crippen LogP contribution in [0.4, 0.5) is 4.39 Å². The highest BCUT2D eigenvalue weighted by atomic mass is 35.5. The summed E-state index contributed by atoms with van der Waals surface area (Å²) in [6.45, 7) is 7.00. The van der Waals surface area contributed by atoms with Gasteiger partial charge in [0.2, 0.25) is 0 Å². The monoisotopic (exact) mass is 227 g/mol. The zero-order chi connectivity index (χ0) is 11.4. The number of halogens is 2. The average Bonchev–Trinajstić information content (AvgIpc) is 2.10. The molecule has 15 heavy (non-hydrogen) atoms. The van der Waals surface area contributed by atoms with Gasteiger partial charge in [-0.05, 0) is 26.1 Å². The minimum absolute atomic E-state index is 0.254. The van der Waals surface area contributed by atoms with Crippen LogP contribution >= 0.6 is 11.6 Å². The lowest BCUT2D eigenvalue weighted by Gasteiger charge is -2.17. The SMILES string of the molecule is C=C(C)CN(C)Cc1c(F)cccc1Cl. The maximum Gasteiger partial charge on any atom is 0.129 e. The van der Waals surface area contributed by atoms with Crippen LogP contribution < -0.4 is 0 Å². The average molecular weight is 228 g/mol. The van der Waals surface area contributed by atoms with Crippen molar-refractivity contribution in [3.8, 4) is 0 Å². The number of hydrogen-bond acceptors (Lipinski definition) is 1.